The number of piperidine rings is 1. The first-order valence-electron chi connectivity index (χ1n) is 8.74. The molecule has 1 fully saturated rings. The van der Waals surface area contributed by atoms with Gasteiger partial charge in [-0.05, 0) is 55.8 Å². The average molecular weight is 319 g/mol. The van der Waals surface area contributed by atoms with Gasteiger partial charge in [-0.1, -0.05) is 38.1 Å². The van der Waals surface area contributed by atoms with Crippen molar-refractivity contribution >= 4 is 5.97 Å². The minimum atomic E-state index is -0.675. The summed E-state index contributed by atoms with van der Waals surface area (Å²) in [6.07, 6.45) is 2.80. The second-order valence-corrected chi connectivity index (χ2v) is 6.73. The first-order valence-corrected chi connectivity index (χ1v) is 8.74. The van der Waals surface area contributed by atoms with Crippen molar-refractivity contribution in [1.29, 1.82) is 0 Å². The van der Waals surface area contributed by atoms with Crippen molar-refractivity contribution in [3.63, 3.8) is 0 Å². The van der Waals surface area contributed by atoms with E-state index < -0.39 is 12.1 Å². The number of carboxylic acids is 1. The normalized spacial score (nSPS) is 19.4. The Hall–Kier alpha value is -1.39. The number of aliphatic hydroxyl groups is 1. The predicted molar refractivity (Wildman–Crippen MR) is 91.5 cm³/mol. The maximum Gasteiger partial charge on any atom is 0.306 e. The fourth-order valence-electron chi connectivity index (χ4n) is 3.16. The van der Waals surface area contributed by atoms with Crippen molar-refractivity contribution in [3.05, 3.63) is 35.4 Å². The molecule has 128 valence electrons. The van der Waals surface area contributed by atoms with Gasteiger partial charge in [0, 0.05) is 6.54 Å². The summed E-state index contributed by atoms with van der Waals surface area (Å²) in [6, 6.07) is 8.29. The van der Waals surface area contributed by atoms with Gasteiger partial charge < -0.3 is 15.1 Å². The molecule has 1 aliphatic heterocycles. The monoisotopic (exact) mass is 319 g/mol. The number of carbonyl (C=O) groups is 1. The lowest BCUT2D eigenvalue weighted by Crippen LogP contribution is -2.37. The summed E-state index contributed by atoms with van der Waals surface area (Å²) in [6.45, 7) is 6.85. The van der Waals surface area contributed by atoms with Crippen LogP contribution < -0.4 is 0 Å². The van der Waals surface area contributed by atoms with E-state index in [1.807, 2.05) is 12.1 Å². The number of nitrogens with zero attached hydrogens (tertiary/aromatic N) is 1. The van der Waals surface area contributed by atoms with Gasteiger partial charge in [0.2, 0.25) is 0 Å². The summed E-state index contributed by atoms with van der Waals surface area (Å²) >= 11 is 0. The minimum absolute atomic E-state index is 0.190. The van der Waals surface area contributed by atoms with Gasteiger partial charge in [0.1, 0.15) is 0 Å². The van der Waals surface area contributed by atoms with Gasteiger partial charge in [-0.3, -0.25) is 4.79 Å². The molecule has 1 aromatic carbocycles. The molecule has 2 unspecified atom stereocenters. The van der Waals surface area contributed by atoms with E-state index in [2.05, 4.69) is 30.9 Å². The highest BCUT2D eigenvalue weighted by Crippen LogP contribution is 2.24. The van der Waals surface area contributed by atoms with Gasteiger partial charge in [0.05, 0.1) is 12.0 Å². The van der Waals surface area contributed by atoms with E-state index in [4.69, 9.17) is 5.11 Å². The number of likely N-dealkylation sites (tertiary alicyclic amines) is 1. The standard InChI is InChI=1S/C19H29NO3/c1-3-14(2)15-4-6-16(7-5-15)18(21)10-13-20-11-8-17(9-12-20)19(22)23/h4-7,14,17-18,21H,3,8-13H2,1-2H3,(H,22,23). The molecule has 4 heteroatoms. The summed E-state index contributed by atoms with van der Waals surface area (Å²) in [4.78, 5) is 13.2. The van der Waals surface area contributed by atoms with Crippen LogP contribution in [0.3, 0.4) is 0 Å². The molecule has 2 atom stereocenters. The molecule has 2 N–H and O–H groups in total. The quantitative estimate of drug-likeness (QED) is 0.808. The second kappa shape index (κ2) is 8.46. The summed E-state index contributed by atoms with van der Waals surface area (Å²) < 4.78 is 0. The van der Waals surface area contributed by atoms with Crippen molar-refractivity contribution in [1.82, 2.24) is 4.90 Å². The Morgan fingerprint density at radius 2 is 1.78 bits per heavy atom. The van der Waals surface area contributed by atoms with Crippen LogP contribution in [0.15, 0.2) is 24.3 Å². The Balaban J connectivity index is 1.79. The van der Waals surface area contributed by atoms with E-state index in [1.165, 1.54) is 5.56 Å². The molecule has 1 heterocycles. The number of aliphatic hydroxyl groups excluding tert-OH is 1. The third-order valence-electron chi connectivity index (χ3n) is 5.16. The Labute approximate surface area is 139 Å². The average Bonchev–Trinajstić information content (AvgIpc) is 2.59. The number of rotatable bonds is 7. The highest BCUT2D eigenvalue weighted by molar-refractivity contribution is 5.70. The number of aliphatic carboxylic acids is 1. The second-order valence-electron chi connectivity index (χ2n) is 6.73. The van der Waals surface area contributed by atoms with Crippen molar-refractivity contribution < 1.29 is 15.0 Å². The Kier molecular flexibility index (Phi) is 6.60. The zero-order valence-electron chi connectivity index (χ0n) is 14.2. The van der Waals surface area contributed by atoms with Crippen LogP contribution in [0, 0.1) is 5.92 Å². The van der Waals surface area contributed by atoms with Crippen molar-refractivity contribution in [2.75, 3.05) is 19.6 Å². The fraction of sp³-hybridized carbons (Fsp3) is 0.632. The molecule has 0 bridgehead atoms. The van der Waals surface area contributed by atoms with Crippen LogP contribution in [-0.2, 0) is 4.79 Å². The predicted octanol–water partition coefficient (Wildman–Crippen LogP) is 3.42. The highest BCUT2D eigenvalue weighted by Gasteiger charge is 2.24. The number of hydrogen-bond acceptors (Lipinski definition) is 3. The highest BCUT2D eigenvalue weighted by atomic mass is 16.4. The van der Waals surface area contributed by atoms with Crippen LogP contribution in [0.1, 0.15) is 62.7 Å². The summed E-state index contributed by atoms with van der Waals surface area (Å²) in [5.41, 5.74) is 2.29. The summed E-state index contributed by atoms with van der Waals surface area (Å²) in [5.74, 6) is -0.313. The zero-order chi connectivity index (χ0) is 16.8. The number of carboxylic acid groups (broad SMARTS) is 1. The number of benzene rings is 1. The van der Waals surface area contributed by atoms with Crippen molar-refractivity contribution in [2.45, 2.75) is 51.6 Å². The van der Waals surface area contributed by atoms with Crippen LogP contribution in [-0.4, -0.2) is 40.7 Å². The molecule has 1 saturated heterocycles. The van der Waals surface area contributed by atoms with Gasteiger partial charge in [-0.2, -0.15) is 0 Å². The molecule has 0 aromatic heterocycles. The van der Waals surface area contributed by atoms with Crippen molar-refractivity contribution in [3.8, 4) is 0 Å². The van der Waals surface area contributed by atoms with Gasteiger partial charge in [-0.15, -0.1) is 0 Å². The molecule has 0 aliphatic carbocycles. The molecule has 1 aromatic rings. The third kappa shape index (κ3) is 5.05. The van der Waals surface area contributed by atoms with Gasteiger partial charge in [0.15, 0.2) is 0 Å². The summed E-state index contributed by atoms with van der Waals surface area (Å²) in [7, 11) is 0. The smallest absolute Gasteiger partial charge is 0.306 e. The Morgan fingerprint density at radius 3 is 2.30 bits per heavy atom. The molecule has 23 heavy (non-hydrogen) atoms. The van der Waals surface area contributed by atoms with E-state index in [9.17, 15) is 9.90 Å². The van der Waals surface area contributed by atoms with E-state index in [1.54, 1.807) is 0 Å². The van der Waals surface area contributed by atoms with Crippen LogP contribution in [0.5, 0.6) is 0 Å². The molecule has 1 aliphatic rings. The van der Waals surface area contributed by atoms with E-state index in [0.717, 1.165) is 44.5 Å². The first-order chi connectivity index (χ1) is 11.0. The van der Waals surface area contributed by atoms with Crippen LogP contribution in [0.4, 0.5) is 0 Å². The Bertz CT molecular complexity index is 492. The first kappa shape index (κ1) is 18.0. The van der Waals surface area contributed by atoms with Crippen molar-refractivity contribution in [2.24, 2.45) is 5.92 Å². The molecule has 2 rings (SSSR count). The molecular weight excluding hydrogens is 290 g/mol. The van der Waals surface area contributed by atoms with E-state index in [-0.39, 0.29) is 5.92 Å². The molecule has 4 nitrogen and oxygen atoms in total. The fourth-order valence-corrected chi connectivity index (χ4v) is 3.16. The Morgan fingerprint density at radius 1 is 1.22 bits per heavy atom. The minimum Gasteiger partial charge on any atom is -0.481 e. The maximum atomic E-state index is 11.0. The molecular formula is C19H29NO3. The van der Waals surface area contributed by atoms with E-state index in [0.29, 0.717) is 12.3 Å². The van der Waals surface area contributed by atoms with Crippen LogP contribution >= 0.6 is 0 Å². The van der Waals surface area contributed by atoms with Gasteiger partial charge >= 0.3 is 5.97 Å². The van der Waals surface area contributed by atoms with E-state index >= 15 is 0 Å². The van der Waals surface area contributed by atoms with Gasteiger partial charge in [-0.25, -0.2) is 0 Å². The van der Waals surface area contributed by atoms with Crippen LogP contribution in [0.25, 0.3) is 0 Å². The van der Waals surface area contributed by atoms with Crippen LogP contribution in [0.2, 0.25) is 0 Å². The maximum absolute atomic E-state index is 11.0. The zero-order valence-corrected chi connectivity index (χ0v) is 14.2. The van der Waals surface area contributed by atoms with Gasteiger partial charge in [0.25, 0.3) is 0 Å². The lowest BCUT2D eigenvalue weighted by atomic mass is 9.95. The molecule has 0 amide bonds. The summed E-state index contributed by atoms with van der Waals surface area (Å²) in [5, 5.41) is 19.4. The topological polar surface area (TPSA) is 60.8 Å². The lowest BCUT2D eigenvalue weighted by Gasteiger charge is -2.30. The largest absolute Gasteiger partial charge is 0.481 e. The molecule has 0 saturated carbocycles. The molecule has 0 radical (unpaired) electrons. The SMILES string of the molecule is CCC(C)c1ccc(C(O)CCN2CCC(C(=O)O)CC2)cc1. The number of hydrogen-bond donors (Lipinski definition) is 2. The molecule has 0 spiro atoms. The lowest BCUT2D eigenvalue weighted by molar-refractivity contribution is -0.143. The third-order valence-corrected chi connectivity index (χ3v) is 5.16.